The molecule has 2 aromatic heterocycles. The number of likely N-dealkylation sites (tertiary alicyclic amines) is 1. The number of rotatable bonds is 7. The Balaban J connectivity index is 0.000000190. The second kappa shape index (κ2) is 23.5. The Bertz CT molecular complexity index is 2040. The van der Waals surface area contributed by atoms with E-state index in [-0.39, 0.29) is 18.1 Å². The first-order chi connectivity index (χ1) is 30.3. The molecule has 0 radical (unpaired) electrons. The van der Waals surface area contributed by atoms with Crippen LogP contribution in [0, 0.1) is 0 Å². The summed E-state index contributed by atoms with van der Waals surface area (Å²) in [5.74, 6) is 1.58. The van der Waals surface area contributed by atoms with Gasteiger partial charge in [0, 0.05) is 90.8 Å². The van der Waals surface area contributed by atoms with Gasteiger partial charge in [0.2, 0.25) is 0 Å². The number of fused-ring (bicyclic) bond motifs is 2. The SMILES string of the molecule is CC(C)(C)OC(=O)N1CCC(N2Cc3ccncc3OCC2Cc2ccc(Cl)cc2)CC1.CCOC(C)=O.Clc1ccc(CC2COc3cnccc3CN2C2CCNCC2)cc1. The highest BCUT2D eigenvalue weighted by molar-refractivity contribution is 6.30. The number of benzene rings is 2. The molecule has 1 N–H and O–H groups in total. The maximum Gasteiger partial charge on any atom is 0.410 e. The van der Waals surface area contributed by atoms with Crippen molar-refractivity contribution in [1.29, 1.82) is 0 Å². The first kappa shape index (κ1) is 48.0. The largest absolute Gasteiger partial charge is 0.490 e. The summed E-state index contributed by atoms with van der Waals surface area (Å²) in [4.78, 5) is 37.8. The fourth-order valence-electron chi connectivity index (χ4n) is 8.59. The predicted molar refractivity (Wildman–Crippen MR) is 247 cm³/mol. The number of halogens is 2. The lowest BCUT2D eigenvalue weighted by Gasteiger charge is -2.41. The third-order valence-electron chi connectivity index (χ3n) is 11.7. The van der Waals surface area contributed by atoms with Gasteiger partial charge in [-0.3, -0.25) is 24.6 Å². The van der Waals surface area contributed by atoms with Crippen LogP contribution in [0.5, 0.6) is 11.5 Å². The molecule has 1 amide bonds. The number of piperidine rings is 2. The van der Waals surface area contributed by atoms with E-state index in [1.54, 1.807) is 6.92 Å². The summed E-state index contributed by atoms with van der Waals surface area (Å²) in [6.07, 6.45) is 13.2. The number of hydrogen-bond acceptors (Lipinski definition) is 11. The molecule has 0 bridgehead atoms. The second-order valence-corrected chi connectivity index (χ2v) is 18.4. The number of hydrogen-bond donors (Lipinski definition) is 1. The summed E-state index contributed by atoms with van der Waals surface area (Å²) in [6.45, 7) is 16.0. The van der Waals surface area contributed by atoms with Gasteiger partial charge in [-0.2, -0.15) is 0 Å². The smallest absolute Gasteiger partial charge is 0.410 e. The maximum atomic E-state index is 12.5. The molecule has 12 nitrogen and oxygen atoms in total. The molecule has 0 saturated carbocycles. The molecule has 2 saturated heterocycles. The molecule has 4 aliphatic rings. The van der Waals surface area contributed by atoms with Crippen molar-refractivity contribution in [3.8, 4) is 11.5 Å². The van der Waals surface area contributed by atoms with Crippen LogP contribution in [0.2, 0.25) is 10.0 Å². The topological polar surface area (TPSA) is 119 Å². The fourth-order valence-corrected chi connectivity index (χ4v) is 8.85. The van der Waals surface area contributed by atoms with Crippen LogP contribution in [-0.2, 0) is 40.2 Å². The second-order valence-electron chi connectivity index (χ2n) is 17.5. The van der Waals surface area contributed by atoms with Crippen LogP contribution in [0.3, 0.4) is 0 Å². The number of ether oxygens (including phenoxy) is 4. The van der Waals surface area contributed by atoms with Gasteiger partial charge in [0.1, 0.15) is 30.3 Å². The number of nitrogens with zero attached hydrogens (tertiary/aromatic N) is 5. The fraction of sp³-hybridized carbons (Fsp3) is 0.510. The summed E-state index contributed by atoms with van der Waals surface area (Å²) in [6, 6.07) is 21.9. The number of pyridine rings is 2. The molecule has 340 valence electrons. The lowest BCUT2D eigenvalue weighted by atomic mass is 9.97. The third-order valence-corrected chi connectivity index (χ3v) is 12.2. The Kier molecular flexibility index (Phi) is 17.9. The van der Waals surface area contributed by atoms with Gasteiger partial charge in [-0.25, -0.2) is 4.79 Å². The minimum absolute atomic E-state index is 0.211. The van der Waals surface area contributed by atoms with Crippen LogP contribution in [0.1, 0.15) is 82.6 Å². The number of carbonyl (C=O) groups excluding carboxylic acids is 2. The molecule has 2 atom stereocenters. The molecule has 6 heterocycles. The molecule has 2 unspecified atom stereocenters. The highest BCUT2D eigenvalue weighted by Crippen LogP contribution is 2.32. The standard InChI is InChI=1S/C25H32ClN3O3.C20H24ClN3O.C4H8O2/c1-25(2,3)32-24(30)28-12-9-21(10-13-28)29-16-19-8-11-27-15-23(19)31-17-22(29)14-18-4-6-20(26)7-5-18;21-17-3-1-15(2-4-17)11-19-14-25-20-12-23-8-5-16(20)13-24(19)18-6-9-22-10-7-18;1-3-6-4(2)5/h4-8,11,15,21-22H,9-10,12-14,16-17H2,1-3H3;1-5,8,12,18-19,22H,6-7,9-11,13-14H2;3H2,1-2H3. The van der Waals surface area contributed by atoms with Gasteiger partial charge in [-0.1, -0.05) is 47.5 Å². The first-order valence-electron chi connectivity index (χ1n) is 22.3. The Morgan fingerprint density at radius 2 is 1.19 bits per heavy atom. The summed E-state index contributed by atoms with van der Waals surface area (Å²) >= 11 is 12.1. The van der Waals surface area contributed by atoms with Crippen LogP contribution in [0.4, 0.5) is 4.79 Å². The van der Waals surface area contributed by atoms with Crippen molar-refractivity contribution in [3.05, 3.63) is 118 Å². The van der Waals surface area contributed by atoms with Gasteiger partial charge in [-0.15, -0.1) is 0 Å². The Morgan fingerprint density at radius 3 is 1.60 bits per heavy atom. The van der Waals surface area contributed by atoms with Gasteiger partial charge in [0.25, 0.3) is 0 Å². The van der Waals surface area contributed by atoms with E-state index in [1.807, 2.05) is 80.8 Å². The molecule has 0 spiro atoms. The average Bonchev–Trinajstić information content (AvgIpc) is 3.57. The molecule has 0 aliphatic carbocycles. The zero-order valence-electron chi connectivity index (χ0n) is 37.4. The van der Waals surface area contributed by atoms with E-state index in [4.69, 9.17) is 37.4 Å². The Labute approximate surface area is 383 Å². The van der Waals surface area contributed by atoms with Gasteiger partial charge in [0.15, 0.2) is 0 Å². The van der Waals surface area contributed by atoms with Crippen LogP contribution < -0.4 is 14.8 Å². The monoisotopic (exact) mass is 902 g/mol. The molecule has 14 heteroatoms. The quantitative estimate of drug-likeness (QED) is 0.179. The van der Waals surface area contributed by atoms with Crippen LogP contribution in [-0.4, -0.2) is 112 Å². The van der Waals surface area contributed by atoms with Crippen molar-refractivity contribution in [1.82, 2.24) is 30.0 Å². The molecule has 4 aliphatic heterocycles. The van der Waals surface area contributed by atoms with Gasteiger partial charge in [0.05, 0.1) is 19.0 Å². The highest BCUT2D eigenvalue weighted by Gasteiger charge is 2.35. The summed E-state index contributed by atoms with van der Waals surface area (Å²) in [7, 11) is 0. The van der Waals surface area contributed by atoms with E-state index in [0.717, 1.165) is 79.0 Å². The van der Waals surface area contributed by atoms with E-state index in [1.165, 1.54) is 36.5 Å². The average molecular weight is 904 g/mol. The van der Waals surface area contributed by atoms with Crippen molar-refractivity contribution in [3.63, 3.8) is 0 Å². The van der Waals surface area contributed by atoms with Gasteiger partial charge < -0.3 is 29.2 Å². The number of nitrogens with one attached hydrogen (secondary N) is 1. The van der Waals surface area contributed by atoms with Crippen LogP contribution in [0.25, 0.3) is 0 Å². The molecule has 8 rings (SSSR count). The summed E-state index contributed by atoms with van der Waals surface area (Å²) in [5, 5.41) is 5.01. The van der Waals surface area contributed by atoms with Crippen molar-refractivity contribution in [2.24, 2.45) is 0 Å². The number of carbonyl (C=O) groups is 2. The number of esters is 1. The van der Waals surface area contributed by atoms with Crippen LogP contribution >= 0.6 is 23.2 Å². The Hall–Kier alpha value is -4.46. The van der Waals surface area contributed by atoms with E-state index in [0.29, 0.717) is 51.0 Å². The Morgan fingerprint density at radius 1 is 0.730 bits per heavy atom. The van der Waals surface area contributed by atoms with Crippen molar-refractivity contribution < 1.29 is 28.5 Å². The zero-order chi connectivity index (χ0) is 44.8. The minimum Gasteiger partial charge on any atom is -0.490 e. The van der Waals surface area contributed by atoms with E-state index >= 15 is 0 Å². The molecule has 2 fully saturated rings. The molecular weight excluding hydrogens is 839 g/mol. The first-order valence-corrected chi connectivity index (χ1v) is 23.0. The normalized spacial score (nSPS) is 19.8. The summed E-state index contributed by atoms with van der Waals surface area (Å²) in [5.41, 5.74) is 4.47. The zero-order valence-corrected chi connectivity index (χ0v) is 39.0. The van der Waals surface area contributed by atoms with Gasteiger partial charge >= 0.3 is 12.1 Å². The molecule has 63 heavy (non-hydrogen) atoms. The van der Waals surface area contributed by atoms with Crippen LogP contribution in [0.15, 0.2) is 85.5 Å². The highest BCUT2D eigenvalue weighted by atomic mass is 35.5. The molecule has 4 aromatic rings. The number of amides is 1. The molecular formula is C49H64Cl2N6O6. The maximum absolute atomic E-state index is 12.5. The van der Waals surface area contributed by atoms with E-state index in [9.17, 15) is 9.59 Å². The van der Waals surface area contributed by atoms with E-state index in [2.05, 4.69) is 60.2 Å². The van der Waals surface area contributed by atoms with Gasteiger partial charge in [-0.05, 0) is 127 Å². The lowest BCUT2D eigenvalue weighted by molar-refractivity contribution is -0.140. The van der Waals surface area contributed by atoms with Crippen molar-refractivity contribution in [2.45, 2.75) is 116 Å². The van der Waals surface area contributed by atoms with Crippen molar-refractivity contribution in [2.75, 3.05) is 46.0 Å². The minimum atomic E-state index is -0.475. The summed E-state index contributed by atoms with van der Waals surface area (Å²) < 4.78 is 22.3. The lowest BCUT2D eigenvalue weighted by Crippen LogP contribution is -2.51. The van der Waals surface area contributed by atoms with E-state index < -0.39 is 5.60 Å². The predicted octanol–water partition coefficient (Wildman–Crippen LogP) is 8.80. The third kappa shape index (κ3) is 14.8. The van der Waals surface area contributed by atoms with Crippen molar-refractivity contribution >= 4 is 35.3 Å². The number of aromatic nitrogens is 2. The molecule has 2 aromatic carbocycles.